The SMILES string of the molecule is Cc1ccccc1-c1cc(CNC(C)C)[nH]n1. The van der Waals surface area contributed by atoms with E-state index in [9.17, 15) is 0 Å². The normalized spacial score (nSPS) is 11.1. The molecule has 0 radical (unpaired) electrons. The minimum atomic E-state index is 0.486. The lowest BCUT2D eigenvalue weighted by molar-refractivity contribution is 0.580. The summed E-state index contributed by atoms with van der Waals surface area (Å²) < 4.78 is 0. The highest BCUT2D eigenvalue weighted by atomic mass is 15.1. The molecule has 0 bridgehead atoms. The highest BCUT2D eigenvalue weighted by Crippen LogP contribution is 2.21. The summed E-state index contributed by atoms with van der Waals surface area (Å²) in [7, 11) is 0. The number of benzene rings is 1. The number of nitrogens with one attached hydrogen (secondary N) is 2. The van der Waals surface area contributed by atoms with Crippen LogP contribution < -0.4 is 5.32 Å². The molecule has 1 aromatic heterocycles. The molecule has 17 heavy (non-hydrogen) atoms. The highest BCUT2D eigenvalue weighted by molar-refractivity contribution is 5.63. The van der Waals surface area contributed by atoms with Crippen molar-refractivity contribution >= 4 is 0 Å². The second-order valence-corrected chi connectivity index (χ2v) is 4.63. The van der Waals surface area contributed by atoms with Crippen LogP contribution in [0.1, 0.15) is 25.1 Å². The maximum Gasteiger partial charge on any atom is 0.0926 e. The summed E-state index contributed by atoms with van der Waals surface area (Å²) in [6.07, 6.45) is 0. The van der Waals surface area contributed by atoms with Gasteiger partial charge in [-0.1, -0.05) is 38.1 Å². The summed E-state index contributed by atoms with van der Waals surface area (Å²) in [5.74, 6) is 0. The molecule has 0 amide bonds. The van der Waals surface area contributed by atoms with Crippen LogP contribution in [0.4, 0.5) is 0 Å². The molecule has 2 rings (SSSR count). The third-order valence-electron chi connectivity index (χ3n) is 2.75. The standard InChI is InChI=1S/C14H19N3/c1-10(2)15-9-12-8-14(17-16-12)13-7-5-4-6-11(13)3/h4-8,10,15H,9H2,1-3H3,(H,16,17). The second kappa shape index (κ2) is 5.15. The summed E-state index contributed by atoms with van der Waals surface area (Å²) in [6, 6.07) is 10.9. The summed E-state index contributed by atoms with van der Waals surface area (Å²) in [4.78, 5) is 0. The van der Waals surface area contributed by atoms with E-state index in [4.69, 9.17) is 0 Å². The van der Waals surface area contributed by atoms with Crippen LogP contribution in [0, 0.1) is 6.92 Å². The van der Waals surface area contributed by atoms with Crippen molar-refractivity contribution in [3.63, 3.8) is 0 Å². The minimum Gasteiger partial charge on any atom is -0.309 e. The Labute approximate surface area is 102 Å². The molecule has 0 saturated carbocycles. The lowest BCUT2D eigenvalue weighted by Crippen LogP contribution is -2.21. The zero-order valence-electron chi connectivity index (χ0n) is 10.6. The van der Waals surface area contributed by atoms with Crippen LogP contribution in [0.25, 0.3) is 11.3 Å². The summed E-state index contributed by atoms with van der Waals surface area (Å²) in [5.41, 5.74) is 4.59. The first-order valence-corrected chi connectivity index (χ1v) is 6.00. The average Bonchev–Trinajstić information content (AvgIpc) is 2.75. The topological polar surface area (TPSA) is 40.7 Å². The Balaban J connectivity index is 2.16. The van der Waals surface area contributed by atoms with E-state index in [1.54, 1.807) is 0 Å². The quantitative estimate of drug-likeness (QED) is 0.846. The molecule has 1 heterocycles. The molecule has 0 aliphatic rings. The molecule has 0 atom stereocenters. The first-order valence-electron chi connectivity index (χ1n) is 6.00. The van der Waals surface area contributed by atoms with Gasteiger partial charge in [-0.15, -0.1) is 0 Å². The Morgan fingerprint density at radius 2 is 2.06 bits per heavy atom. The van der Waals surface area contributed by atoms with Gasteiger partial charge in [0.1, 0.15) is 0 Å². The van der Waals surface area contributed by atoms with E-state index in [0.717, 1.165) is 17.9 Å². The molecule has 0 unspecified atom stereocenters. The maximum atomic E-state index is 4.36. The average molecular weight is 229 g/mol. The van der Waals surface area contributed by atoms with E-state index < -0.39 is 0 Å². The molecule has 90 valence electrons. The molecule has 0 spiro atoms. The van der Waals surface area contributed by atoms with E-state index in [0.29, 0.717) is 6.04 Å². The first kappa shape index (κ1) is 11.9. The number of hydrogen-bond donors (Lipinski definition) is 2. The van der Waals surface area contributed by atoms with Crippen molar-refractivity contribution in [3.05, 3.63) is 41.6 Å². The fourth-order valence-electron chi connectivity index (χ4n) is 1.76. The van der Waals surface area contributed by atoms with Crippen LogP contribution in [0.5, 0.6) is 0 Å². The van der Waals surface area contributed by atoms with Gasteiger partial charge in [-0.2, -0.15) is 5.10 Å². The van der Waals surface area contributed by atoms with Crippen molar-refractivity contribution in [2.75, 3.05) is 0 Å². The maximum absolute atomic E-state index is 4.36. The summed E-state index contributed by atoms with van der Waals surface area (Å²) in [5, 5.41) is 10.8. The fraction of sp³-hybridized carbons (Fsp3) is 0.357. The number of nitrogens with zero attached hydrogens (tertiary/aromatic N) is 1. The van der Waals surface area contributed by atoms with Crippen LogP contribution >= 0.6 is 0 Å². The van der Waals surface area contributed by atoms with E-state index in [1.807, 2.05) is 12.1 Å². The third-order valence-corrected chi connectivity index (χ3v) is 2.75. The predicted octanol–water partition coefficient (Wildman–Crippen LogP) is 2.88. The Morgan fingerprint density at radius 1 is 1.29 bits per heavy atom. The second-order valence-electron chi connectivity index (χ2n) is 4.63. The third kappa shape index (κ3) is 2.94. The number of aryl methyl sites for hydroxylation is 1. The van der Waals surface area contributed by atoms with Crippen molar-refractivity contribution < 1.29 is 0 Å². The first-order chi connectivity index (χ1) is 8.16. The van der Waals surface area contributed by atoms with Gasteiger partial charge in [-0.05, 0) is 18.6 Å². The molecule has 0 saturated heterocycles. The van der Waals surface area contributed by atoms with Gasteiger partial charge in [0, 0.05) is 23.8 Å². The number of rotatable bonds is 4. The molecule has 0 aliphatic carbocycles. The van der Waals surface area contributed by atoms with E-state index in [1.165, 1.54) is 11.1 Å². The minimum absolute atomic E-state index is 0.486. The number of aromatic nitrogens is 2. The highest BCUT2D eigenvalue weighted by Gasteiger charge is 2.06. The number of hydrogen-bond acceptors (Lipinski definition) is 2. The van der Waals surface area contributed by atoms with Gasteiger partial charge < -0.3 is 5.32 Å². The largest absolute Gasteiger partial charge is 0.309 e. The Hall–Kier alpha value is -1.61. The van der Waals surface area contributed by atoms with Gasteiger partial charge in [0.25, 0.3) is 0 Å². The van der Waals surface area contributed by atoms with E-state index >= 15 is 0 Å². The molecular formula is C14H19N3. The molecule has 3 nitrogen and oxygen atoms in total. The molecule has 3 heteroatoms. The van der Waals surface area contributed by atoms with Gasteiger partial charge >= 0.3 is 0 Å². The van der Waals surface area contributed by atoms with Crippen LogP contribution in [0.3, 0.4) is 0 Å². The Kier molecular flexibility index (Phi) is 3.59. The van der Waals surface area contributed by atoms with Gasteiger partial charge in [-0.3, -0.25) is 5.10 Å². The fourth-order valence-corrected chi connectivity index (χ4v) is 1.76. The van der Waals surface area contributed by atoms with Crippen molar-refractivity contribution in [2.24, 2.45) is 0 Å². The molecular weight excluding hydrogens is 210 g/mol. The van der Waals surface area contributed by atoms with Gasteiger partial charge in [0.05, 0.1) is 5.69 Å². The van der Waals surface area contributed by atoms with Gasteiger partial charge in [0.2, 0.25) is 0 Å². The van der Waals surface area contributed by atoms with Crippen LogP contribution in [-0.4, -0.2) is 16.2 Å². The van der Waals surface area contributed by atoms with Crippen LogP contribution in [-0.2, 0) is 6.54 Å². The van der Waals surface area contributed by atoms with Gasteiger partial charge in [-0.25, -0.2) is 0 Å². The zero-order chi connectivity index (χ0) is 12.3. The van der Waals surface area contributed by atoms with Crippen molar-refractivity contribution in [1.82, 2.24) is 15.5 Å². The van der Waals surface area contributed by atoms with E-state index in [2.05, 4.69) is 54.5 Å². The smallest absolute Gasteiger partial charge is 0.0926 e. The molecule has 2 aromatic rings. The number of aromatic amines is 1. The molecule has 0 fully saturated rings. The number of H-pyrrole nitrogens is 1. The lowest BCUT2D eigenvalue weighted by Gasteiger charge is -2.04. The van der Waals surface area contributed by atoms with E-state index in [-0.39, 0.29) is 0 Å². The molecule has 1 aromatic carbocycles. The predicted molar refractivity (Wildman–Crippen MR) is 70.7 cm³/mol. The van der Waals surface area contributed by atoms with Crippen LogP contribution in [0.15, 0.2) is 30.3 Å². The summed E-state index contributed by atoms with van der Waals surface area (Å²) in [6.45, 7) is 7.21. The Morgan fingerprint density at radius 3 is 2.76 bits per heavy atom. The zero-order valence-corrected chi connectivity index (χ0v) is 10.6. The monoisotopic (exact) mass is 229 g/mol. The van der Waals surface area contributed by atoms with Gasteiger partial charge in [0.15, 0.2) is 0 Å². The Bertz CT molecular complexity index is 486. The van der Waals surface area contributed by atoms with Crippen molar-refractivity contribution in [1.29, 1.82) is 0 Å². The lowest BCUT2D eigenvalue weighted by atomic mass is 10.1. The molecule has 0 aliphatic heterocycles. The van der Waals surface area contributed by atoms with Crippen LogP contribution in [0.2, 0.25) is 0 Å². The van der Waals surface area contributed by atoms with Crippen molar-refractivity contribution in [2.45, 2.75) is 33.4 Å². The van der Waals surface area contributed by atoms with Crippen molar-refractivity contribution in [3.8, 4) is 11.3 Å². The molecule has 2 N–H and O–H groups in total. The summed E-state index contributed by atoms with van der Waals surface area (Å²) >= 11 is 0.